The summed E-state index contributed by atoms with van der Waals surface area (Å²) < 4.78 is 11.1. The van der Waals surface area contributed by atoms with Crippen LogP contribution >= 0.6 is 23.7 Å². The fourth-order valence-electron chi connectivity index (χ4n) is 2.71. The van der Waals surface area contributed by atoms with Crippen molar-refractivity contribution in [2.24, 2.45) is 0 Å². The van der Waals surface area contributed by atoms with Gasteiger partial charge in [0.2, 0.25) is 0 Å². The lowest BCUT2D eigenvalue weighted by atomic mass is 10.1. The van der Waals surface area contributed by atoms with E-state index in [-0.39, 0.29) is 12.4 Å². The molecule has 0 amide bonds. The van der Waals surface area contributed by atoms with E-state index < -0.39 is 5.60 Å². The second kappa shape index (κ2) is 15.0. The van der Waals surface area contributed by atoms with Gasteiger partial charge in [0, 0.05) is 20.2 Å². The normalized spacial score (nSPS) is 11.6. The molecule has 1 aromatic carbocycles. The number of ether oxygens (including phenoxy) is 2. The zero-order chi connectivity index (χ0) is 21.7. The highest BCUT2D eigenvalue weighted by molar-refractivity contribution is 7.08. The third kappa shape index (κ3) is 11.4. The molecule has 0 unspecified atom stereocenters. The number of halogens is 1. The van der Waals surface area contributed by atoms with Crippen LogP contribution in [0.4, 0.5) is 0 Å². The molecule has 168 valence electrons. The number of nitrogens with zero attached hydrogens (tertiary/aromatic N) is 1. The summed E-state index contributed by atoms with van der Waals surface area (Å²) in [5.41, 5.74) is 3.33. The standard InChI is InChI=1S/C26H33NO2S.ClH/c1-5-27(16-8-6-7-15-26(2,3)28-4)20-24-11-9-12-25(19-24)21-29-17-10-13-23-14-18-30-22-23;/h6,8-14,18-19,22H,5,16-17,20-21H2,1-4H3;1H. The Morgan fingerprint density at radius 3 is 2.68 bits per heavy atom. The predicted octanol–water partition coefficient (Wildman–Crippen LogP) is 6.21. The average Bonchev–Trinajstić information content (AvgIpc) is 3.26. The van der Waals surface area contributed by atoms with Gasteiger partial charge in [0.25, 0.3) is 0 Å². The molecule has 0 aliphatic rings. The lowest BCUT2D eigenvalue weighted by molar-refractivity contribution is 0.0742. The molecule has 0 saturated heterocycles. The Bertz CT molecular complexity index is 863. The van der Waals surface area contributed by atoms with Crippen LogP contribution in [0.2, 0.25) is 0 Å². The van der Waals surface area contributed by atoms with E-state index in [0.29, 0.717) is 13.2 Å². The highest BCUT2D eigenvalue weighted by Crippen LogP contribution is 2.11. The van der Waals surface area contributed by atoms with Gasteiger partial charge in [-0.3, -0.25) is 4.90 Å². The molecule has 0 aliphatic heterocycles. The molecule has 0 N–H and O–H groups in total. The Morgan fingerprint density at radius 1 is 1.16 bits per heavy atom. The predicted molar refractivity (Wildman–Crippen MR) is 136 cm³/mol. The number of rotatable bonds is 11. The molecule has 1 heterocycles. The Kier molecular flexibility index (Phi) is 13.2. The van der Waals surface area contributed by atoms with E-state index in [1.165, 1.54) is 16.7 Å². The molecule has 1 aromatic heterocycles. The molecular weight excluding hydrogens is 426 g/mol. The third-order valence-corrected chi connectivity index (χ3v) is 5.33. The zero-order valence-corrected chi connectivity index (χ0v) is 20.6. The highest BCUT2D eigenvalue weighted by atomic mass is 35.5. The van der Waals surface area contributed by atoms with E-state index in [0.717, 1.165) is 19.6 Å². The largest absolute Gasteiger partial charge is 0.373 e. The van der Waals surface area contributed by atoms with E-state index >= 15 is 0 Å². The number of hydrogen-bond donors (Lipinski definition) is 0. The lowest BCUT2D eigenvalue weighted by Gasteiger charge is -2.19. The van der Waals surface area contributed by atoms with Crippen molar-refractivity contribution in [3.05, 3.63) is 76.0 Å². The molecule has 3 nitrogen and oxygen atoms in total. The minimum absolute atomic E-state index is 0. The van der Waals surface area contributed by atoms with E-state index in [9.17, 15) is 0 Å². The van der Waals surface area contributed by atoms with Crippen LogP contribution in [0.15, 0.2) is 59.3 Å². The summed E-state index contributed by atoms with van der Waals surface area (Å²) in [6.07, 6.45) is 8.18. The van der Waals surface area contributed by atoms with Gasteiger partial charge in [-0.2, -0.15) is 11.3 Å². The topological polar surface area (TPSA) is 21.7 Å². The van der Waals surface area contributed by atoms with Crippen molar-refractivity contribution in [3.8, 4) is 11.8 Å². The van der Waals surface area contributed by atoms with Gasteiger partial charge in [-0.25, -0.2) is 0 Å². The van der Waals surface area contributed by atoms with Crippen molar-refractivity contribution in [1.82, 2.24) is 4.90 Å². The van der Waals surface area contributed by atoms with Crippen molar-refractivity contribution in [3.63, 3.8) is 0 Å². The maximum atomic E-state index is 5.80. The van der Waals surface area contributed by atoms with Crippen LogP contribution in [0.1, 0.15) is 37.5 Å². The summed E-state index contributed by atoms with van der Waals surface area (Å²) in [4.78, 5) is 2.38. The summed E-state index contributed by atoms with van der Waals surface area (Å²) in [6, 6.07) is 10.7. The Balaban J connectivity index is 0.00000480. The summed E-state index contributed by atoms with van der Waals surface area (Å²) in [5, 5.41) is 4.21. The molecule has 0 aliphatic carbocycles. The first kappa shape index (κ1) is 27.2. The molecule has 0 bridgehead atoms. The second-order valence-electron chi connectivity index (χ2n) is 7.51. The Labute approximate surface area is 198 Å². The summed E-state index contributed by atoms with van der Waals surface area (Å²) in [5.74, 6) is 6.17. The van der Waals surface area contributed by atoms with Gasteiger partial charge in [-0.15, -0.1) is 12.4 Å². The smallest absolute Gasteiger partial charge is 0.123 e. The minimum atomic E-state index is -0.406. The van der Waals surface area contributed by atoms with Crippen LogP contribution in [0.25, 0.3) is 6.08 Å². The number of benzene rings is 1. The fraction of sp³-hybridized carbons (Fsp3) is 0.385. The lowest BCUT2D eigenvalue weighted by Crippen LogP contribution is -2.22. The van der Waals surface area contributed by atoms with Crippen molar-refractivity contribution < 1.29 is 9.47 Å². The van der Waals surface area contributed by atoms with Gasteiger partial charge in [-0.1, -0.05) is 61.3 Å². The van der Waals surface area contributed by atoms with Crippen LogP contribution in [-0.4, -0.2) is 37.3 Å². The van der Waals surface area contributed by atoms with Gasteiger partial charge < -0.3 is 9.47 Å². The van der Waals surface area contributed by atoms with E-state index in [4.69, 9.17) is 9.47 Å². The number of allylic oxidation sites excluding steroid dienone is 1. The third-order valence-electron chi connectivity index (χ3n) is 4.63. The van der Waals surface area contributed by atoms with Gasteiger partial charge in [0.1, 0.15) is 5.60 Å². The quantitative estimate of drug-likeness (QED) is 0.294. The SMILES string of the molecule is CCN(CC=CC#CC(C)(C)OC)Cc1cccc(COCC=Cc2ccsc2)c1.Cl. The minimum Gasteiger partial charge on any atom is -0.373 e. The number of hydrogen-bond acceptors (Lipinski definition) is 4. The molecule has 0 saturated carbocycles. The first-order valence-corrected chi connectivity index (χ1v) is 11.3. The molecule has 0 atom stereocenters. The molecule has 2 rings (SSSR count). The highest BCUT2D eigenvalue weighted by Gasteiger charge is 2.10. The van der Waals surface area contributed by atoms with Crippen LogP contribution < -0.4 is 0 Å². The Morgan fingerprint density at radius 2 is 1.97 bits per heavy atom. The van der Waals surface area contributed by atoms with Gasteiger partial charge in [-0.05, 0) is 60.0 Å². The van der Waals surface area contributed by atoms with E-state index in [1.807, 2.05) is 19.9 Å². The monoisotopic (exact) mass is 459 g/mol. The maximum Gasteiger partial charge on any atom is 0.123 e. The molecule has 0 fully saturated rings. The van der Waals surface area contributed by atoms with Crippen LogP contribution in [-0.2, 0) is 22.6 Å². The van der Waals surface area contributed by atoms with Crippen LogP contribution in [0.5, 0.6) is 0 Å². The summed E-state index contributed by atoms with van der Waals surface area (Å²) in [7, 11) is 1.68. The van der Waals surface area contributed by atoms with Gasteiger partial charge in [0.15, 0.2) is 0 Å². The fourth-order valence-corrected chi connectivity index (χ4v) is 3.34. The van der Waals surface area contributed by atoms with E-state index in [1.54, 1.807) is 18.4 Å². The van der Waals surface area contributed by atoms with Crippen LogP contribution in [0, 0.1) is 11.8 Å². The maximum absolute atomic E-state index is 5.80. The Hall–Kier alpha value is -1.87. The number of likely N-dealkylation sites (N-methyl/N-ethyl adjacent to an activating group) is 1. The first-order valence-electron chi connectivity index (χ1n) is 10.3. The van der Waals surface area contributed by atoms with Crippen molar-refractivity contribution in [2.75, 3.05) is 26.8 Å². The molecule has 0 spiro atoms. The van der Waals surface area contributed by atoms with Gasteiger partial charge in [0.05, 0.1) is 13.2 Å². The number of thiophene rings is 1. The first-order chi connectivity index (χ1) is 14.5. The van der Waals surface area contributed by atoms with E-state index in [2.05, 4.69) is 83.0 Å². The van der Waals surface area contributed by atoms with Crippen molar-refractivity contribution in [1.29, 1.82) is 0 Å². The summed E-state index contributed by atoms with van der Waals surface area (Å²) >= 11 is 1.71. The van der Waals surface area contributed by atoms with Gasteiger partial charge >= 0.3 is 0 Å². The molecular formula is C26H34ClNO2S. The average molecular weight is 460 g/mol. The molecule has 2 aromatic rings. The molecule has 5 heteroatoms. The second-order valence-corrected chi connectivity index (χ2v) is 8.29. The number of methoxy groups -OCH3 is 1. The van der Waals surface area contributed by atoms with Crippen molar-refractivity contribution >= 4 is 29.8 Å². The summed E-state index contributed by atoms with van der Waals surface area (Å²) in [6.45, 7) is 10.1. The molecule has 31 heavy (non-hydrogen) atoms. The molecule has 0 radical (unpaired) electrons. The van der Waals surface area contributed by atoms with Crippen LogP contribution in [0.3, 0.4) is 0 Å². The van der Waals surface area contributed by atoms with Crippen molar-refractivity contribution in [2.45, 2.75) is 39.5 Å². The zero-order valence-electron chi connectivity index (χ0n) is 19.0.